The van der Waals surface area contributed by atoms with E-state index in [1.807, 2.05) is 0 Å². The minimum Gasteiger partial charge on any atom is -0.349 e. The molecule has 1 saturated heterocycles. The molecule has 2 rings (SSSR count). The van der Waals surface area contributed by atoms with Gasteiger partial charge in [0.15, 0.2) is 5.82 Å². The van der Waals surface area contributed by atoms with Crippen molar-refractivity contribution in [3.8, 4) is 0 Å². The number of nitrogens with zero attached hydrogens (tertiary/aromatic N) is 3. The van der Waals surface area contributed by atoms with Crippen molar-refractivity contribution in [1.29, 1.82) is 0 Å². The number of likely N-dealkylation sites (tertiary alicyclic amines) is 1. The van der Waals surface area contributed by atoms with Crippen LogP contribution in [0.3, 0.4) is 0 Å². The summed E-state index contributed by atoms with van der Waals surface area (Å²) >= 11 is 0. The molecule has 1 fully saturated rings. The van der Waals surface area contributed by atoms with Crippen LogP contribution in [0.15, 0.2) is 12.4 Å². The quantitative estimate of drug-likeness (QED) is 0.511. The molecular weight excluding hydrogens is 244 g/mol. The van der Waals surface area contributed by atoms with Crippen molar-refractivity contribution in [1.82, 2.24) is 20.2 Å². The number of carbonyl (C=O) groups excluding carboxylic acids is 1. The average molecular weight is 264 g/mol. The third kappa shape index (κ3) is 3.39. The maximum atomic E-state index is 12.0. The maximum absolute atomic E-state index is 12.0. The van der Waals surface area contributed by atoms with E-state index >= 15 is 0 Å². The van der Waals surface area contributed by atoms with E-state index in [1.54, 1.807) is 0 Å². The molecule has 2 heterocycles. The largest absolute Gasteiger partial charge is 0.349 e. The van der Waals surface area contributed by atoms with Crippen molar-refractivity contribution in [2.75, 3.05) is 25.1 Å². The number of nitrogen functional groups attached to an aromatic ring is 1. The molecule has 0 aromatic carbocycles. The van der Waals surface area contributed by atoms with Crippen LogP contribution in [0.2, 0.25) is 0 Å². The van der Waals surface area contributed by atoms with Gasteiger partial charge in [0.1, 0.15) is 5.69 Å². The first kappa shape index (κ1) is 13.7. The zero-order valence-corrected chi connectivity index (χ0v) is 11.1. The normalized spacial score (nSPS) is 19.4. The Labute approximate surface area is 112 Å². The van der Waals surface area contributed by atoms with Gasteiger partial charge in [-0.3, -0.25) is 14.7 Å². The smallest absolute Gasteiger partial charge is 0.271 e. The van der Waals surface area contributed by atoms with Crippen LogP contribution in [0.5, 0.6) is 0 Å². The fourth-order valence-corrected chi connectivity index (χ4v) is 2.39. The fourth-order valence-electron chi connectivity index (χ4n) is 2.39. The summed E-state index contributed by atoms with van der Waals surface area (Å²) in [5.41, 5.74) is 2.65. The summed E-state index contributed by atoms with van der Waals surface area (Å²) in [7, 11) is 0. The summed E-state index contributed by atoms with van der Waals surface area (Å²) in [5, 5.41) is 2.90. The molecule has 7 nitrogen and oxygen atoms in total. The Morgan fingerprint density at radius 2 is 2.42 bits per heavy atom. The van der Waals surface area contributed by atoms with Gasteiger partial charge in [-0.05, 0) is 25.9 Å². The van der Waals surface area contributed by atoms with Crippen molar-refractivity contribution in [3.63, 3.8) is 0 Å². The molecule has 1 atom stereocenters. The molecule has 104 valence electrons. The molecule has 0 saturated carbocycles. The van der Waals surface area contributed by atoms with Gasteiger partial charge in [-0.25, -0.2) is 10.8 Å². The Bertz CT molecular complexity index is 438. The van der Waals surface area contributed by atoms with Crippen LogP contribution in [-0.2, 0) is 0 Å². The summed E-state index contributed by atoms with van der Waals surface area (Å²) in [6.45, 7) is 4.92. The Morgan fingerprint density at radius 3 is 3.16 bits per heavy atom. The van der Waals surface area contributed by atoms with Gasteiger partial charge >= 0.3 is 0 Å². The molecule has 1 aliphatic rings. The molecule has 1 aromatic rings. The van der Waals surface area contributed by atoms with E-state index in [-0.39, 0.29) is 11.6 Å². The molecule has 1 amide bonds. The van der Waals surface area contributed by atoms with Gasteiger partial charge in [-0.15, -0.1) is 0 Å². The lowest BCUT2D eigenvalue weighted by Crippen LogP contribution is -2.40. The Hall–Kier alpha value is -1.73. The summed E-state index contributed by atoms with van der Waals surface area (Å²) in [4.78, 5) is 22.3. The van der Waals surface area contributed by atoms with E-state index in [4.69, 9.17) is 5.84 Å². The first-order valence-electron chi connectivity index (χ1n) is 6.55. The van der Waals surface area contributed by atoms with Crippen LogP contribution in [0, 0.1) is 0 Å². The number of rotatable bonds is 5. The minimum atomic E-state index is -0.215. The Balaban J connectivity index is 1.90. The number of hydrogen-bond acceptors (Lipinski definition) is 6. The lowest BCUT2D eigenvalue weighted by molar-refractivity contribution is 0.0936. The van der Waals surface area contributed by atoms with Gasteiger partial charge in [-0.1, -0.05) is 6.92 Å². The van der Waals surface area contributed by atoms with Gasteiger partial charge in [0.2, 0.25) is 0 Å². The standard InChI is InChI=1S/C12H20N6O/c1-2-18-5-3-4-9(18)6-15-12(19)10-7-14-8-11(16-10)17-13/h7-9H,2-6,13H2,1H3,(H,15,19)(H,16,17). The minimum absolute atomic E-state index is 0.215. The van der Waals surface area contributed by atoms with Crippen molar-refractivity contribution in [3.05, 3.63) is 18.1 Å². The van der Waals surface area contributed by atoms with E-state index < -0.39 is 0 Å². The molecule has 0 bridgehead atoms. The number of carbonyl (C=O) groups is 1. The molecule has 19 heavy (non-hydrogen) atoms. The molecule has 1 unspecified atom stereocenters. The van der Waals surface area contributed by atoms with E-state index in [0.29, 0.717) is 18.4 Å². The monoisotopic (exact) mass is 264 g/mol. The zero-order chi connectivity index (χ0) is 13.7. The van der Waals surface area contributed by atoms with E-state index in [1.165, 1.54) is 18.8 Å². The van der Waals surface area contributed by atoms with Gasteiger partial charge in [0.25, 0.3) is 5.91 Å². The number of nitrogens with one attached hydrogen (secondary N) is 2. The molecule has 4 N–H and O–H groups in total. The second-order valence-corrected chi connectivity index (χ2v) is 4.57. The topological polar surface area (TPSA) is 96.2 Å². The third-order valence-electron chi connectivity index (χ3n) is 3.42. The number of likely N-dealkylation sites (N-methyl/N-ethyl adjacent to an activating group) is 1. The van der Waals surface area contributed by atoms with Crippen molar-refractivity contribution >= 4 is 11.7 Å². The highest BCUT2D eigenvalue weighted by Crippen LogP contribution is 2.15. The first-order chi connectivity index (χ1) is 9.24. The number of anilines is 1. The highest BCUT2D eigenvalue weighted by molar-refractivity contribution is 5.92. The predicted octanol–water partition coefficient (Wildman–Crippen LogP) is -0.0237. The second kappa shape index (κ2) is 6.44. The SMILES string of the molecule is CCN1CCCC1CNC(=O)c1cncc(NN)n1. The average Bonchev–Trinajstić information content (AvgIpc) is 2.92. The van der Waals surface area contributed by atoms with Gasteiger partial charge in [0, 0.05) is 12.6 Å². The number of amides is 1. The second-order valence-electron chi connectivity index (χ2n) is 4.57. The molecular formula is C12H20N6O. The number of nitrogens with two attached hydrogens (primary N) is 1. The van der Waals surface area contributed by atoms with Crippen LogP contribution >= 0.6 is 0 Å². The van der Waals surface area contributed by atoms with E-state index in [9.17, 15) is 4.79 Å². The predicted molar refractivity (Wildman–Crippen MR) is 72.4 cm³/mol. The lowest BCUT2D eigenvalue weighted by atomic mass is 10.2. The van der Waals surface area contributed by atoms with Gasteiger partial charge in [0.05, 0.1) is 12.4 Å². The first-order valence-corrected chi connectivity index (χ1v) is 6.55. The van der Waals surface area contributed by atoms with Crippen LogP contribution in [0.25, 0.3) is 0 Å². The Morgan fingerprint density at radius 1 is 1.58 bits per heavy atom. The molecule has 7 heteroatoms. The lowest BCUT2D eigenvalue weighted by Gasteiger charge is -2.22. The summed E-state index contributed by atoms with van der Waals surface area (Å²) in [6, 6.07) is 0.428. The van der Waals surface area contributed by atoms with Crippen molar-refractivity contribution in [2.24, 2.45) is 5.84 Å². The number of aromatic nitrogens is 2. The van der Waals surface area contributed by atoms with Crippen LogP contribution in [0.1, 0.15) is 30.3 Å². The molecule has 0 aliphatic carbocycles. The van der Waals surface area contributed by atoms with Crippen LogP contribution in [0.4, 0.5) is 5.82 Å². The Kier molecular flexibility index (Phi) is 4.64. The summed E-state index contributed by atoms with van der Waals surface area (Å²) < 4.78 is 0. The highest BCUT2D eigenvalue weighted by atomic mass is 16.1. The summed E-state index contributed by atoms with van der Waals surface area (Å²) in [5.74, 6) is 5.40. The van der Waals surface area contributed by atoms with Crippen LogP contribution in [-0.4, -0.2) is 46.5 Å². The molecule has 0 radical (unpaired) electrons. The van der Waals surface area contributed by atoms with E-state index in [0.717, 1.165) is 19.5 Å². The van der Waals surface area contributed by atoms with Crippen LogP contribution < -0.4 is 16.6 Å². The van der Waals surface area contributed by atoms with Gasteiger partial charge in [-0.2, -0.15) is 0 Å². The zero-order valence-electron chi connectivity index (χ0n) is 11.1. The summed E-state index contributed by atoms with van der Waals surface area (Å²) in [6.07, 6.45) is 5.22. The van der Waals surface area contributed by atoms with E-state index in [2.05, 4.69) is 32.5 Å². The highest BCUT2D eigenvalue weighted by Gasteiger charge is 2.23. The fraction of sp³-hybridized carbons (Fsp3) is 0.583. The molecule has 1 aliphatic heterocycles. The van der Waals surface area contributed by atoms with Gasteiger partial charge < -0.3 is 10.7 Å². The number of hydrazine groups is 1. The third-order valence-corrected chi connectivity index (χ3v) is 3.42. The van der Waals surface area contributed by atoms with Crippen molar-refractivity contribution < 1.29 is 4.79 Å². The maximum Gasteiger partial charge on any atom is 0.271 e. The number of hydrogen-bond donors (Lipinski definition) is 3. The molecule has 0 spiro atoms. The molecule has 1 aromatic heterocycles. The van der Waals surface area contributed by atoms with Crippen molar-refractivity contribution in [2.45, 2.75) is 25.8 Å².